The molecule has 2 nitrogen and oxygen atoms in total. The third-order valence-corrected chi connectivity index (χ3v) is 1.12. The van der Waals surface area contributed by atoms with Crippen molar-refractivity contribution in [3.8, 4) is 5.75 Å². The molecule has 2 radical (unpaired) electrons. The van der Waals surface area contributed by atoms with Gasteiger partial charge in [0.1, 0.15) is 5.75 Å². The molecule has 1 aromatic rings. The third kappa shape index (κ3) is 1.44. The van der Waals surface area contributed by atoms with Gasteiger partial charge in [0.05, 0.1) is 6.54 Å². The molecule has 0 aliphatic carbocycles. The highest BCUT2D eigenvalue weighted by Crippen LogP contribution is 2.08. The van der Waals surface area contributed by atoms with E-state index >= 15 is 0 Å². The van der Waals surface area contributed by atoms with Gasteiger partial charge < -0.3 is 5.11 Å². The Hall–Kier alpha value is -1.02. The first-order valence-corrected chi connectivity index (χ1v) is 2.71. The summed E-state index contributed by atoms with van der Waals surface area (Å²) in [6, 6.07) is 6.45. The fraction of sp³-hybridized carbons (Fsp3) is 0.143. The van der Waals surface area contributed by atoms with Gasteiger partial charge in [-0.1, -0.05) is 12.1 Å². The van der Waals surface area contributed by atoms with Crippen molar-refractivity contribution in [1.82, 2.24) is 5.73 Å². The molecule has 0 atom stereocenters. The van der Waals surface area contributed by atoms with Crippen LogP contribution in [0.4, 0.5) is 0 Å². The van der Waals surface area contributed by atoms with E-state index < -0.39 is 0 Å². The molecule has 2 heteroatoms. The van der Waals surface area contributed by atoms with E-state index in [1.165, 1.54) is 0 Å². The van der Waals surface area contributed by atoms with Crippen molar-refractivity contribution in [3.63, 3.8) is 0 Å². The summed E-state index contributed by atoms with van der Waals surface area (Å²) >= 11 is 0. The number of benzene rings is 1. The number of aromatic hydroxyl groups is 1. The van der Waals surface area contributed by atoms with Crippen molar-refractivity contribution in [2.24, 2.45) is 0 Å². The standard InChI is InChI=1S/C7H7NO/c8-5-6-1-3-7(9)4-2-6/h1-4,9H,5H2. The van der Waals surface area contributed by atoms with Crippen molar-refractivity contribution >= 4 is 0 Å². The Labute approximate surface area is 53.9 Å². The predicted molar refractivity (Wildman–Crippen MR) is 33.9 cm³/mol. The van der Waals surface area contributed by atoms with Crippen LogP contribution in [-0.2, 0) is 6.54 Å². The zero-order valence-corrected chi connectivity index (χ0v) is 4.91. The van der Waals surface area contributed by atoms with E-state index in [9.17, 15) is 0 Å². The maximum atomic E-state index is 8.77. The summed E-state index contributed by atoms with van der Waals surface area (Å²) in [5.41, 5.74) is 9.36. The Bertz CT molecular complexity index is 181. The van der Waals surface area contributed by atoms with Gasteiger partial charge in [0.2, 0.25) is 0 Å². The molecule has 0 spiro atoms. The molecule has 0 saturated heterocycles. The molecule has 0 unspecified atom stereocenters. The van der Waals surface area contributed by atoms with Gasteiger partial charge in [0, 0.05) is 0 Å². The first-order chi connectivity index (χ1) is 4.33. The highest BCUT2D eigenvalue weighted by atomic mass is 16.3. The topological polar surface area (TPSA) is 42.5 Å². The van der Waals surface area contributed by atoms with E-state index in [0.29, 0.717) is 0 Å². The van der Waals surface area contributed by atoms with Gasteiger partial charge in [-0.2, -0.15) is 0 Å². The number of phenolic OH excluding ortho intramolecular Hbond substituents is 1. The normalized spacial score (nSPS) is 9.44. The van der Waals surface area contributed by atoms with Crippen LogP contribution in [0, 0.1) is 0 Å². The summed E-state index contributed by atoms with van der Waals surface area (Å²) in [5.74, 6) is 0.229. The number of phenols is 1. The molecule has 0 aliphatic rings. The molecule has 0 aliphatic heterocycles. The van der Waals surface area contributed by atoms with E-state index in [2.05, 4.69) is 0 Å². The molecule has 0 amide bonds. The smallest absolute Gasteiger partial charge is 0.115 e. The van der Waals surface area contributed by atoms with E-state index in [1.54, 1.807) is 24.3 Å². The quantitative estimate of drug-likeness (QED) is 0.590. The van der Waals surface area contributed by atoms with Crippen LogP contribution in [0.2, 0.25) is 0 Å². The van der Waals surface area contributed by atoms with Crippen LogP contribution < -0.4 is 5.73 Å². The Morgan fingerprint density at radius 2 is 1.78 bits per heavy atom. The van der Waals surface area contributed by atoms with Crippen LogP contribution in [0.3, 0.4) is 0 Å². The van der Waals surface area contributed by atoms with Crippen LogP contribution in [0.25, 0.3) is 0 Å². The Kier molecular flexibility index (Phi) is 1.70. The fourth-order valence-corrected chi connectivity index (χ4v) is 0.601. The number of hydrogen-bond acceptors (Lipinski definition) is 1. The number of nitrogens with zero attached hydrogens (tertiary/aromatic N) is 1. The van der Waals surface area contributed by atoms with E-state index in [-0.39, 0.29) is 12.3 Å². The summed E-state index contributed by atoms with van der Waals surface area (Å²) in [6.45, 7) is 0.0281. The second-order valence-corrected chi connectivity index (χ2v) is 1.82. The highest BCUT2D eigenvalue weighted by Gasteiger charge is 1.87. The van der Waals surface area contributed by atoms with Crippen LogP contribution in [0.5, 0.6) is 5.75 Å². The number of hydrogen-bond donors (Lipinski definition) is 1. The Morgan fingerprint density at radius 1 is 1.22 bits per heavy atom. The van der Waals surface area contributed by atoms with Crippen molar-refractivity contribution in [3.05, 3.63) is 29.8 Å². The highest BCUT2D eigenvalue weighted by molar-refractivity contribution is 5.25. The molecule has 9 heavy (non-hydrogen) atoms. The summed E-state index contributed by atoms with van der Waals surface area (Å²) in [4.78, 5) is 0. The van der Waals surface area contributed by atoms with E-state index in [4.69, 9.17) is 10.8 Å². The van der Waals surface area contributed by atoms with Crippen LogP contribution in [0.15, 0.2) is 24.3 Å². The molecule has 0 fully saturated rings. The molecule has 0 bridgehead atoms. The molecule has 1 aromatic carbocycles. The molecule has 0 heterocycles. The van der Waals surface area contributed by atoms with Gasteiger partial charge in [0.15, 0.2) is 0 Å². The molecule has 46 valence electrons. The lowest BCUT2D eigenvalue weighted by molar-refractivity contribution is 0.475. The van der Waals surface area contributed by atoms with Gasteiger partial charge in [0.25, 0.3) is 0 Å². The maximum Gasteiger partial charge on any atom is 0.115 e. The first kappa shape index (κ1) is 6.11. The minimum absolute atomic E-state index is 0.0281. The van der Waals surface area contributed by atoms with E-state index in [0.717, 1.165) is 5.56 Å². The second-order valence-electron chi connectivity index (χ2n) is 1.82. The van der Waals surface area contributed by atoms with Crippen molar-refractivity contribution < 1.29 is 5.11 Å². The SMILES string of the molecule is [N]Cc1ccc(O)cc1. The third-order valence-electron chi connectivity index (χ3n) is 1.12. The van der Waals surface area contributed by atoms with Gasteiger partial charge >= 0.3 is 0 Å². The summed E-state index contributed by atoms with van der Waals surface area (Å²) < 4.78 is 0. The summed E-state index contributed by atoms with van der Waals surface area (Å²) in [6.07, 6.45) is 0. The van der Waals surface area contributed by atoms with Crippen molar-refractivity contribution in [2.75, 3.05) is 0 Å². The van der Waals surface area contributed by atoms with Gasteiger partial charge in [-0.25, -0.2) is 0 Å². The number of rotatable bonds is 1. The van der Waals surface area contributed by atoms with Crippen LogP contribution in [-0.4, -0.2) is 5.11 Å². The lowest BCUT2D eigenvalue weighted by atomic mass is 10.2. The monoisotopic (exact) mass is 121 g/mol. The average Bonchev–Trinajstić information content (AvgIpc) is 1.90. The largest absolute Gasteiger partial charge is 0.508 e. The molecule has 0 aromatic heterocycles. The average molecular weight is 121 g/mol. The fourth-order valence-electron chi connectivity index (χ4n) is 0.601. The minimum atomic E-state index is 0.0281. The van der Waals surface area contributed by atoms with E-state index in [1.807, 2.05) is 0 Å². The molecule has 0 saturated carbocycles. The maximum absolute atomic E-state index is 8.77. The second kappa shape index (κ2) is 2.51. The molecular formula is C7H7NO. The first-order valence-electron chi connectivity index (χ1n) is 2.71. The molecular weight excluding hydrogens is 114 g/mol. The van der Waals surface area contributed by atoms with Gasteiger partial charge in [-0.15, -0.1) is 5.73 Å². The zero-order chi connectivity index (χ0) is 6.69. The lowest BCUT2D eigenvalue weighted by Gasteiger charge is -1.92. The summed E-state index contributed by atoms with van der Waals surface area (Å²) in [5, 5.41) is 8.77. The zero-order valence-electron chi connectivity index (χ0n) is 4.91. The minimum Gasteiger partial charge on any atom is -0.508 e. The van der Waals surface area contributed by atoms with Crippen LogP contribution in [0.1, 0.15) is 5.56 Å². The lowest BCUT2D eigenvalue weighted by Crippen LogP contribution is -1.81. The Balaban J connectivity index is 2.88. The van der Waals surface area contributed by atoms with Crippen LogP contribution >= 0.6 is 0 Å². The van der Waals surface area contributed by atoms with Gasteiger partial charge in [-0.3, -0.25) is 0 Å². The predicted octanol–water partition coefficient (Wildman–Crippen LogP) is 0.961. The Morgan fingerprint density at radius 3 is 2.22 bits per heavy atom. The summed E-state index contributed by atoms with van der Waals surface area (Å²) in [7, 11) is 0. The van der Waals surface area contributed by atoms with Crippen molar-refractivity contribution in [2.45, 2.75) is 6.54 Å². The van der Waals surface area contributed by atoms with Gasteiger partial charge in [-0.05, 0) is 17.7 Å². The molecule has 1 rings (SSSR count). The van der Waals surface area contributed by atoms with Crippen molar-refractivity contribution in [1.29, 1.82) is 0 Å². The molecule has 1 N–H and O–H groups in total.